The predicted octanol–water partition coefficient (Wildman–Crippen LogP) is 3.91. The van der Waals surface area contributed by atoms with Crippen molar-refractivity contribution in [3.05, 3.63) is 77.1 Å². The highest BCUT2D eigenvalue weighted by Crippen LogP contribution is 2.16. The van der Waals surface area contributed by atoms with Gasteiger partial charge in [0.1, 0.15) is 11.5 Å². The van der Waals surface area contributed by atoms with Gasteiger partial charge in [0.15, 0.2) is 5.96 Å². The molecule has 2 N–H and O–H groups in total. The summed E-state index contributed by atoms with van der Waals surface area (Å²) in [4.78, 5) is 4.80. The van der Waals surface area contributed by atoms with Crippen LogP contribution in [0.3, 0.4) is 0 Å². The number of aromatic nitrogens is 1. The highest BCUT2D eigenvalue weighted by molar-refractivity contribution is 5.79. The highest BCUT2D eigenvalue weighted by Gasteiger charge is 2.13. The van der Waals surface area contributed by atoms with Gasteiger partial charge in [-0.15, -0.1) is 0 Å². The third kappa shape index (κ3) is 6.24. The Morgan fingerprint density at radius 2 is 1.76 bits per heavy atom. The van der Waals surface area contributed by atoms with Crippen LogP contribution in [0.15, 0.2) is 62.7 Å². The van der Waals surface area contributed by atoms with Gasteiger partial charge in [0.25, 0.3) is 0 Å². The van der Waals surface area contributed by atoms with E-state index < -0.39 is 0 Å². The van der Waals surface area contributed by atoms with E-state index in [2.05, 4.69) is 53.9 Å². The maximum Gasteiger partial charge on any atom is 0.191 e. The first-order valence-corrected chi connectivity index (χ1v) is 10.3. The molecule has 6 heteroatoms. The van der Waals surface area contributed by atoms with Crippen LogP contribution >= 0.6 is 0 Å². The summed E-state index contributed by atoms with van der Waals surface area (Å²) in [6.07, 6.45) is 5.11. The maximum atomic E-state index is 5.46. The number of aryl methyl sites for hydroxylation is 2. The van der Waals surface area contributed by atoms with Crippen LogP contribution in [0.4, 0.5) is 0 Å². The van der Waals surface area contributed by atoms with E-state index in [9.17, 15) is 0 Å². The molecule has 0 aliphatic heterocycles. The molecule has 154 valence electrons. The van der Waals surface area contributed by atoms with Gasteiger partial charge in [-0.3, -0.25) is 0 Å². The Bertz CT molecular complexity index is 848. The third-order valence-corrected chi connectivity index (χ3v) is 4.80. The molecule has 1 aromatic carbocycles. The zero-order valence-electron chi connectivity index (χ0n) is 17.3. The summed E-state index contributed by atoms with van der Waals surface area (Å²) in [6.45, 7) is 6.27. The first kappa shape index (κ1) is 20.7. The van der Waals surface area contributed by atoms with Crippen molar-refractivity contribution in [1.82, 2.24) is 15.8 Å². The number of nitrogens with one attached hydrogen (secondary N) is 2. The number of aliphatic imine (C=N–C) groups is 1. The maximum absolute atomic E-state index is 5.46. The van der Waals surface area contributed by atoms with Crippen molar-refractivity contribution in [2.24, 2.45) is 4.99 Å². The summed E-state index contributed by atoms with van der Waals surface area (Å²) >= 11 is 0. The Kier molecular flexibility index (Phi) is 7.92. The fraction of sp³-hybridized carbons (Fsp3) is 0.391. The van der Waals surface area contributed by atoms with E-state index in [0.717, 1.165) is 67.5 Å². The number of rotatable bonds is 10. The molecule has 0 fully saturated rings. The van der Waals surface area contributed by atoms with Crippen LogP contribution < -0.4 is 10.6 Å². The van der Waals surface area contributed by atoms with Crippen LogP contribution in [0.1, 0.15) is 42.2 Å². The molecule has 0 spiro atoms. The van der Waals surface area contributed by atoms with E-state index in [0.29, 0.717) is 6.54 Å². The molecule has 2 aromatic heterocycles. The van der Waals surface area contributed by atoms with E-state index >= 15 is 0 Å². The fourth-order valence-corrected chi connectivity index (χ4v) is 3.18. The van der Waals surface area contributed by atoms with Crippen LogP contribution in [0, 0.1) is 0 Å². The quantitative estimate of drug-likeness (QED) is 0.403. The van der Waals surface area contributed by atoms with E-state index in [4.69, 9.17) is 13.9 Å². The molecule has 0 aliphatic carbocycles. The van der Waals surface area contributed by atoms with Crippen molar-refractivity contribution in [1.29, 1.82) is 0 Å². The van der Waals surface area contributed by atoms with Crippen LogP contribution in [0.2, 0.25) is 0 Å². The molecule has 29 heavy (non-hydrogen) atoms. The molecular formula is C23H30N4O2. The third-order valence-electron chi connectivity index (χ3n) is 4.80. The second-order valence-electron chi connectivity index (χ2n) is 6.82. The molecule has 0 saturated heterocycles. The summed E-state index contributed by atoms with van der Waals surface area (Å²) in [5.74, 6) is 2.67. The van der Waals surface area contributed by atoms with Crippen molar-refractivity contribution in [3.8, 4) is 0 Å². The zero-order valence-corrected chi connectivity index (χ0v) is 17.3. The van der Waals surface area contributed by atoms with E-state index in [1.165, 1.54) is 5.56 Å². The molecule has 0 unspecified atom stereocenters. The smallest absolute Gasteiger partial charge is 0.191 e. The second-order valence-corrected chi connectivity index (χ2v) is 6.82. The van der Waals surface area contributed by atoms with Gasteiger partial charge >= 0.3 is 0 Å². The van der Waals surface area contributed by atoms with Crippen molar-refractivity contribution >= 4 is 5.96 Å². The summed E-state index contributed by atoms with van der Waals surface area (Å²) in [6, 6.07) is 14.3. The monoisotopic (exact) mass is 394 g/mol. The minimum atomic E-state index is 0.553. The molecule has 2 heterocycles. The lowest BCUT2D eigenvalue weighted by Crippen LogP contribution is -2.39. The molecule has 3 rings (SSSR count). The van der Waals surface area contributed by atoms with Gasteiger partial charge in [0, 0.05) is 31.5 Å². The summed E-state index contributed by atoms with van der Waals surface area (Å²) < 4.78 is 10.9. The average molecular weight is 395 g/mol. The summed E-state index contributed by atoms with van der Waals surface area (Å²) in [7, 11) is 0. The van der Waals surface area contributed by atoms with Gasteiger partial charge in [0.05, 0.1) is 18.5 Å². The molecule has 0 amide bonds. The van der Waals surface area contributed by atoms with Crippen LogP contribution in [0.25, 0.3) is 0 Å². The number of benzene rings is 1. The minimum absolute atomic E-state index is 0.553. The van der Waals surface area contributed by atoms with Crippen molar-refractivity contribution in [2.45, 2.75) is 46.1 Å². The van der Waals surface area contributed by atoms with Gasteiger partial charge in [0.2, 0.25) is 0 Å². The number of nitrogens with zero attached hydrogens (tertiary/aromatic N) is 2. The topological polar surface area (TPSA) is 75.6 Å². The first-order valence-electron chi connectivity index (χ1n) is 10.3. The molecule has 0 bridgehead atoms. The van der Waals surface area contributed by atoms with Crippen molar-refractivity contribution in [3.63, 3.8) is 0 Å². The van der Waals surface area contributed by atoms with Crippen molar-refractivity contribution in [2.75, 3.05) is 13.1 Å². The standard InChI is InChI=1S/C23H30N4O2/c1-3-21-20(22(4-2)29-27-21)17-26-23(25-15-13-19-11-8-16-28-19)24-14-12-18-9-6-5-7-10-18/h5-11,16H,3-4,12-15,17H2,1-2H3,(H2,24,25,26). The molecular weight excluding hydrogens is 364 g/mol. The molecule has 6 nitrogen and oxygen atoms in total. The number of hydrogen-bond donors (Lipinski definition) is 2. The molecule has 0 atom stereocenters. The van der Waals surface area contributed by atoms with Gasteiger partial charge in [-0.25, -0.2) is 4.99 Å². The lowest BCUT2D eigenvalue weighted by atomic mass is 10.1. The van der Waals surface area contributed by atoms with Crippen LogP contribution in [-0.4, -0.2) is 24.2 Å². The summed E-state index contributed by atoms with van der Waals surface area (Å²) in [5.41, 5.74) is 3.39. The number of hydrogen-bond acceptors (Lipinski definition) is 4. The lowest BCUT2D eigenvalue weighted by molar-refractivity contribution is 0.380. The van der Waals surface area contributed by atoms with Gasteiger partial charge < -0.3 is 19.6 Å². The lowest BCUT2D eigenvalue weighted by Gasteiger charge is -2.12. The van der Waals surface area contributed by atoms with Gasteiger partial charge in [-0.05, 0) is 30.5 Å². The first-order chi connectivity index (χ1) is 14.3. The Labute approximate surface area is 172 Å². The molecule has 0 radical (unpaired) electrons. The van der Waals surface area contributed by atoms with Crippen molar-refractivity contribution < 1.29 is 8.94 Å². The Morgan fingerprint density at radius 3 is 2.45 bits per heavy atom. The summed E-state index contributed by atoms with van der Waals surface area (Å²) in [5, 5.41) is 11.0. The van der Waals surface area contributed by atoms with Gasteiger partial charge in [-0.1, -0.05) is 49.3 Å². The normalized spacial score (nSPS) is 11.6. The van der Waals surface area contributed by atoms with Gasteiger partial charge in [-0.2, -0.15) is 0 Å². The second kappa shape index (κ2) is 11.1. The largest absolute Gasteiger partial charge is 0.469 e. The Balaban J connectivity index is 1.62. The van der Waals surface area contributed by atoms with E-state index in [1.807, 2.05) is 18.2 Å². The molecule has 0 saturated carbocycles. The Morgan fingerprint density at radius 1 is 0.966 bits per heavy atom. The SMILES string of the molecule is CCc1noc(CC)c1CN=C(NCCc1ccccc1)NCCc1ccco1. The van der Waals surface area contributed by atoms with Crippen LogP contribution in [-0.2, 0) is 32.2 Å². The highest BCUT2D eigenvalue weighted by atomic mass is 16.5. The number of furan rings is 1. The Hall–Kier alpha value is -3.02. The van der Waals surface area contributed by atoms with Crippen LogP contribution in [0.5, 0.6) is 0 Å². The average Bonchev–Trinajstić information content (AvgIpc) is 3.41. The fourth-order valence-electron chi connectivity index (χ4n) is 3.18. The zero-order chi connectivity index (χ0) is 20.3. The van der Waals surface area contributed by atoms with E-state index in [1.54, 1.807) is 6.26 Å². The molecule has 3 aromatic rings. The predicted molar refractivity (Wildman–Crippen MR) is 115 cm³/mol. The van der Waals surface area contributed by atoms with E-state index in [-0.39, 0.29) is 0 Å². The number of guanidine groups is 1. The molecule has 0 aliphatic rings. The minimum Gasteiger partial charge on any atom is -0.469 e.